The van der Waals surface area contributed by atoms with E-state index in [2.05, 4.69) is 5.32 Å². The van der Waals surface area contributed by atoms with Crippen molar-refractivity contribution in [1.82, 2.24) is 15.1 Å². The number of carbonyl (C=O) groups excluding carboxylic acids is 2. The second kappa shape index (κ2) is 9.65. The fraction of sp³-hybridized carbons (Fsp3) is 0.391. The van der Waals surface area contributed by atoms with Crippen LogP contribution in [0.4, 0.5) is 4.39 Å². The third-order valence-corrected chi connectivity index (χ3v) is 5.42. The van der Waals surface area contributed by atoms with Crippen LogP contribution in [-0.4, -0.2) is 61.4 Å². The van der Waals surface area contributed by atoms with E-state index in [-0.39, 0.29) is 30.1 Å². The molecule has 1 N–H and O–H groups in total. The van der Waals surface area contributed by atoms with Crippen molar-refractivity contribution in [3.8, 4) is 11.1 Å². The quantitative estimate of drug-likeness (QED) is 0.815. The fourth-order valence-electron chi connectivity index (χ4n) is 3.80. The molecule has 0 unspecified atom stereocenters. The Morgan fingerprint density at radius 2 is 1.86 bits per heavy atom. The van der Waals surface area contributed by atoms with Gasteiger partial charge < -0.3 is 15.1 Å². The summed E-state index contributed by atoms with van der Waals surface area (Å²) in [6.07, 6.45) is 0.552. The summed E-state index contributed by atoms with van der Waals surface area (Å²) < 4.78 is 14.0. The molecule has 0 saturated carbocycles. The second-order valence-electron chi connectivity index (χ2n) is 7.37. The van der Waals surface area contributed by atoms with Gasteiger partial charge in [0.1, 0.15) is 5.82 Å². The molecule has 1 atom stereocenters. The van der Waals surface area contributed by atoms with E-state index in [4.69, 9.17) is 0 Å². The predicted molar refractivity (Wildman–Crippen MR) is 112 cm³/mol. The molecule has 6 heteroatoms. The van der Waals surface area contributed by atoms with Gasteiger partial charge in [-0.2, -0.15) is 0 Å². The minimum absolute atomic E-state index is 0.0122. The molecule has 29 heavy (non-hydrogen) atoms. The summed E-state index contributed by atoms with van der Waals surface area (Å²) in [5, 5.41) is 2.89. The van der Waals surface area contributed by atoms with Crippen LogP contribution in [0.1, 0.15) is 12.5 Å². The molecule has 1 saturated heterocycles. The lowest BCUT2D eigenvalue weighted by molar-refractivity contribution is -0.134. The molecule has 2 amide bonds. The first-order valence-electron chi connectivity index (χ1n) is 10.1. The van der Waals surface area contributed by atoms with E-state index in [1.165, 1.54) is 6.07 Å². The first-order chi connectivity index (χ1) is 14.0. The van der Waals surface area contributed by atoms with Crippen molar-refractivity contribution in [2.24, 2.45) is 5.92 Å². The predicted octanol–water partition coefficient (Wildman–Crippen LogP) is 2.56. The number of rotatable bonds is 6. The summed E-state index contributed by atoms with van der Waals surface area (Å²) in [7, 11) is 1.74. The van der Waals surface area contributed by atoms with Crippen LogP contribution in [0.5, 0.6) is 0 Å². The zero-order valence-corrected chi connectivity index (χ0v) is 17.0. The third-order valence-electron chi connectivity index (χ3n) is 5.42. The maximum Gasteiger partial charge on any atom is 0.236 e. The van der Waals surface area contributed by atoms with Crippen molar-refractivity contribution >= 4 is 11.8 Å². The van der Waals surface area contributed by atoms with E-state index in [0.29, 0.717) is 38.2 Å². The van der Waals surface area contributed by atoms with Crippen molar-refractivity contribution in [3.05, 3.63) is 59.9 Å². The Morgan fingerprint density at radius 1 is 1.14 bits per heavy atom. The molecule has 5 nitrogen and oxygen atoms in total. The van der Waals surface area contributed by atoms with Crippen molar-refractivity contribution < 1.29 is 14.0 Å². The maximum atomic E-state index is 14.0. The zero-order chi connectivity index (χ0) is 20.8. The average molecular weight is 397 g/mol. The zero-order valence-electron chi connectivity index (χ0n) is 17.0. The number of hydrogen-bond donors (Lipinski definition) is 1. The Kier molecular flexibility index (Phi) is 6.99. The molecule has 1 fully saturated rings. The monoisotopic (exact) mass is 397 g/mol. The van der Waals surface area contributed by atoms with E-state index >= 15 is 0 Å². The molecular weight excluding hydrogens is 369 g/mol. The largest absolute Gasteiger partial charge is 0.341 e. The highest BCUT2D eigenvalue weighted by atomic mass is 19.1. The smallest absolute Gasteiger partial charge is 0.236 e. The number of nitrogens with zero attached hydrogens (tertiary/aromatic N) is 2. The van der Waals surface area contributed by atoms with Crippen LogP contribution in [0.3, 0.4) is 0 Å². The molecule has 2 aromatic carbocycles. The normalized spacial score (nSPS) is 17.3. The molecule has 1 heterocycles. The number of benzene rings is 2. The first-order valence-corrected chi connectivity index (χ1v) is 10.1. The molecule has 0 aliphatic carbocycles. The second-order valence-corrected chi connectivity index (χ2v) is 7.37. The van der Waals surface area contributed by atoms with Gasteiger partial charge in [0, 0.05) is 31.7 Å². The van der Waals surface area contributed by atoms with E-state index in [1.807, 2.05) is 42.2 Å². The van der Waals surface area contributed by atoms with E-state index < -0.39 is 0 Å². The summed E-state index contributed by atoms with van der Waals surface area (Å²) in [6.45, 7) is 4.41. The molecular formula is C23H28FN3O2. The summed E-state index contributed by atoms with van der Waals surface area (Å²) >= 11 is 0. The number of halogens is 1. The lowest BCUT2D eigenvalue weighted by Crippen LogP contribution is -2.41. The van der Waals surface area contributed by atoms with Crippen LogP contribution in [0, 0.1) is 11.7 Å². The van der Waals surface area contributed by atoms with Crippen LogP contribution in [0.15, 0.2) is 48.5 Å². The Hall–Kier alpha value is -2.73. The minimum atomic E-state index is -0.280. The van der Waals surface area contributed by atoms with Gasteiger partial charge >= 0.3 is 0 Å². The van der Waals surface area contributed by atoms with Crippen LogP contribution >= 0.6 is 0 Å². The third kappa shape index (κ3) is 5.01. The van der Waals surface area contributed by atoms with Crippen LogP contribution < -0.4 is 5.32 Å². The summed E-state index contributed by atoms with van der Waals surface area (Å²) in [5.74, 6) is -0.433. The summed E-state index contributed by atoms with van der Waals surface area (Å²) in [4.78, 5) is 28.9. The van der Waals surface area contributed by atoms with Gasteiger partial charge in [-0.3, -0.25) is 9.59 Å². The lowest BCUT2D eigenvalue weighted by Gasteiger charge is -2.23. The van der Waals surface area contributed by atoms with Gasteiger partial charge in [-0.25, -0.2) is 4.39 Å². The topological polar surface area (TPSA) is 52.6 Å². The molecule has 0 spiro atoms. The van der Waals surface area contributed by atoms with Gasteiger partial charge in [0.25, 0.3) is 0 Å². The fourth-order valence-corrected chi connectivity index (χ4v) is 3.80. The number of hydrogen-bond acceptors (Lipinski definition) is 3. The van der Waals surface area contributed by atoms with Gasteiger partial charge in [0.2, 0.25) is 11.8 Å². The number of likely N-dealkylation sites (N-methyl/N-ethyl adjacent to an activating group) is 2. The highest BCUT2D eigenvalue weighted by Gasteiger charge is 2.31. The highest BCUT2D eigenvalue weighted by molar-refractivity contribution is 5.83. The van der Waals surface area contributed by atoms with Crippen molar-refractivity contribution in [2.45, 2.75) is 13.3 Å². The lowest BCUT2D eigenvalue weighted by atomic mass is 9.95. The molecule has 0 aromatic heterocycles. The molecule has 3 rings (SSSR count). The van der Waals surface area contributed by atoms with Gasteiger partial charge in [-0.05, 0) is 37.6 Å². The number of nitrogens with one attached hydrogen (secondary N) is 1. The molecule has 0 bridgehead atoms. The van der Waals surface area contributed by atoms with E-state index in [0.717, 1.165) is 11.1 Å². The van der Waals surface area contributed by atoms with Gasteiger partial charge in [-0.1, -0.05) is 42.5 Å². The molecule has 1 aliphatic heterocycles. The standard InChI is InChI=1S/C23H28FN3O2/c1-3-26-12-13-27(22(28)15-25-2)16-19(23(26)29)14-17-8-10-18(11-9-17)20-6-4-5-7-21(20)24/h4-11,19,25H,3,12-16H2,1-2H3/t19-/m0/s1. The first kappa shape index (κ1) is 21.0. The molecule has 0 radical (unpaired) electrons. The Bertz CT molecular complexity index is 853. The Balaban J connectivity index is 1.77. The Labute approximate surface area is 171 Å². The number of carbonyl (C=O) groups is 2. The Morgan fingerprint density at radius 3 is 2.52 bits per heavy atom. The maximum absolute atomic E-state index is 14.0. The molecule has 154 valence electrons. The minimum Gasteiger partial charge on any atom is -0.341 e. The number of amides is 2. The van der Waals surface area contributed by atoms with Crippen LogP contribution in [0.25, 0.3) is 11.1 Å². The van der Waals surface area contributed by atoms with Gasteiger partial charge in [0.05, 0.1) is 12.5 Å². The average Bonchev–Trinajstić information content (AvgIpc) is 2.88. The molecule has 1 aliphatic rings. The van der Waals surface area contributed by atoms with Crippen molar-refractivity contribution in [1.29, 1.82) is 0 Å². The highest BCUT2D eigenvalue weighted by Crippen LogP contribution is 2.24. The van der Waals surface area contributed by atoms with E-state index in [9.17, 15) is 14.0 Å². The van der Waals surface area contributed by atoms with Gasteiger partial charge in [0.15, 0.2) is 0 Å². The van der Waals surface area contributed by atoms with Crippen LogP contribution in [0.2, 0.25) is 0 Å². The van der Waals surface area contributed by atoms with Crippen molar-refractivity contribution in [3.63, 3.8) is 0 Å². The van der Waals surface area contributed by atoms with Crippen molar-refractivity contribution in [2.75, 3.05) is 39.8 Å². The SMILES string of the molecule is CCN1CCN(C(=O)CNC)C[C@H](Cc2ccc(-c3ccccc3F)cc2)C1=O. The molecule has 2 aromatic rings. The summed E-state index contributed by atoms with van der Waals surface area (Å²) in [5.41, 5.74) is 2.37. The van der Waals surface area contributed by atoms with Gasteiger partial charge in [-0.15, -0.1) is 0 Å². The van der Waals surface area contributed by atoms with E-state index in [1.54, 1.807) is 24.1 Å². The summed E-state index contributed by atoms with van der Waals surface area (Å²) in [6, 6.07) is 14.3. The van der Waals surface area contributed by atoms with Crippen LogP contribution in [-0.2, 0) is 16.0 Å².